The van der Waals surface area contributed by atoms with Gasteiger partial charge in [0.05, 0.1) is 5.41 Å². The molecular weight excluding hydrogens is 629 g/mol. The van der Waals surface area contributed by atoms with Gasteiger partial charge >= 0.3 is 0 Å². The fourth-order valence-electron chi connectivity index (χ4n) is 9.79. The van der Waals surface area contributed by atoms with E-state index in [0.29, 0.717) is 0 Å². The quantitative estimate of drug-likeness (QED) is 0.180. The van der Waals surface area contributed by atoms with Crippen LogP contribution >= 0.6 is 0 Å². The molecule has 0 fully saturated rings. The molecule has 0 amide bonds. The smallest absolute Gasteiger partial charge is 0.135 e. The summed E-state index contributed by atoms with van der Waals surface area (Å²) in [7, 11) is 0. The molecule has 0 aromatic heterocycles. The van der Waals surface area contributed by atoms with Crippen LogP contribution in [-0.2, 0) is 5.41 Å². The molecule has 0 radical (unpaired) electrons. The highest BCUT2D eigenvalue weighted by Gasteiger charge is 2.53. The van der Waals surface area contributed by atoms with Crippen molar-refractivity contribution >= 4 is 21.5 Å². The first-order valence-corrected chi connectivity index (χ1v) is 18.1. The Morgan fingerprint density at radius 1 is 0.346 bits per heavy atom. The molecule has 0 saturated carbocycles. The van der Waals surface area contributed by atoms with Crippen LogP contribution in [0.2, 0.25) is 0 Å². The summed E-state index contributed by atoms with van der Waals surface area (Å²) in [5, 5.41) is 4.93. The van der Waals surface area contributed by atoms with Crippen LogP contribution in [0.3, 0.4) is 0 Å². The van der Waals surface area contributed by atoms with Crippen molar-refractivity contribution in [2.75, 3.05) is 0 Å². The molecule has 1 spiro atoms. The van der Waals surface area contributed by atoms with Crippen LogP contribution in [-0.4, -0.2) is 0 Å². The summed E-state index contributed by atoms with van der Waals surface area (Å²) in [4.78, 5) is 0. The molecule has 2 aliphatic carbocycles. The zero-order valence-electron chi connectivity index (χ0n) is 28.2. The summed E-state index contributed by atoms with van der Waals surface area (Å²) in [6, 6.07) is 67.4. The molecule has 1 aliphatic heterocycles. The van der Waals surface area contributed by atoms with Crippen LogP contribution in [0.5, 0.6) is 11.5 Å². The summed E-state index contributed by atoms with van der Waals surface area (Å²) in [6.45, 7) is 0. The van der Waals surface area contributed by atoms with Gasteiger partial charge in [0, 0.05) is 10.9 Å². The predicted octanol–water partition coefficient (Wildman–Crippen LogP) is 13.4. The zero-order valence-corrected chi connectivity index (χ0v) is 28.2. The lowest BCUT2D eigenvalue weighted by atomic mass is 9.68. The van der Waals surface area contributed by atoms with E-state index in [-0.39, 0.29) is 0 Å². The van der Waals surface area contributed by atoms with Gasteiger partial charge in [0.1, 0.15) is 11.5 Å². The highest BCUT2D eigenvalue weighted by atomic mass is 16.5. The Labute approximate surface area is 302 Å². The van der Waals surface area contributed by atoms with Gasteiger partial charge in [0.15, 0.2) is 0 Å². The largest absolute Gasteiger partial charge is 0.456 e. The maximum Gasteiger partial charge on any atom is 0.135 e. The lowest BCUT2D eigenvalue weighted by Crippen LogP contribution is -2.26. The highest BCUT2D eigenvalue weighted by molar-refractivity contribution is 6.10. The summed E-state index contributed by atoms with van der Waals surface area (Å²) in [5.74, 6) is 1.82. The van der Waals surface area contributed by atoms with Crippen molar-refractivity contribution in [2.24, 2.45) is 0 Å². The van der Waals surface area contributed by atoms with Crippen LogP contribution in [0, 0.1) is 0 Å². The van der Waals surface area contributed by atoms with Gasteiger partial charge in [0.2, 0.25) is 0 Å². The first-order chi connectivity index (χ1) is 25.8. The minimum absolute atomic E-state index is 0.495. The molecule has 1 heteroatoms. The van der Waals surface area contributed by atoms with Crippen molar-refractivity contribution in [2.45, 2.75) is 5.41 Å². The van der Waals surface area contributed by atoms with E-state index < -0.39 is 5.41 Å². The third-order valence-electron chi connectivity index (χ3n) is 11.8. The van der Waals surface area contributed by atoms with Crippen molar-refractivity contribution in [1.82, 2.24) is 0 Å². The Morgan fingerprint density at radius 3 is 1.83 bits per heavy atom. The topological polar surface area (TPSA) is 9.23 Å². The molecule has 9 aromatic rings. The maximum atomic E-state index is 6.51. The molecule has 0 atom stereocenters. The van der Waals surface area contributed by atoms with E-state index in [0.717, 1.165) is 17.1 Å². The van der Waals surface area contributed by atoms with Crippen LogP contribution in [0.1, 0.15) is 22.3 Å². The number of benzene rings is 9. The fourth-order valence-corrected chi connectivity index (χ4v) is 9.79. The summed E-state index contributed by atoms with van der Waals surface area (Å²) < 4.78 is 6.51. The number of fused-ring (bicyclic) bond motifs is 14. The first-order valence-electron chi connectivity index (χ1n) is 18.1. The molecule has 1 heterocycles. The van der Waals surface area contributed by atoms with Gasteiger partial charge in [-0.1, -0.05) is 152 Å². The number of ether oxygens (including phenoxy) is 1. The van der Waals surface area contributed by atoms with E-state index in [1.165, 1.54) is 93.9 Å². The zero-order chi connectivity index (χ0) is 34.0. The van der Waals surface area contributed by atoms with Crippen LogP contribution in [0.25, 0.3) is 77.2 Å². The van der Waals surface area contributed by atoms with Crippen molar-refractivity contribution in [3.05, 3.63) is 204 Å². The van der Waals surface area contributed by atoms with Crippen molar-refractivity contribution < 1.29 is 4.74 Å². The Kier molecular flexibility index (Phi) is 5.49. The van der Waals surface area contributed by atoms with Crippen LogP contribution < -0.4 is 4.74 Å². The second-order valence-electron chi connectivity index (χ2n) is 14.3. The summed E-state index contributed by atoms with van der Waals surface area (Å²) in [6.07, 6.45) is 0. The molecule has 0 bridgehead atoms. The Balaban J connectivity index is 1.18. The minimum atomic E-state index is -0.495. The average molecular weight is 659 g/mol. The van der Waals surface area contributed by atoms with Gasteiger partial charge in [-0.2, -0.15) is 0 Å². The highest BCUT2D eigenvalue weighted by Crippen LogP contribution is 2.66. The van der Waals surface area contributed by atoms with Gasteiger partial charge in [0.25, 0.3) is 0 Å². The summed E-state index contributed by atoms with van der Waals surface area (Å²) in [5.41, 5.74) is 17.5. The first kappa shape index (κ1) is 28.0. The Hall–Kier alpha value is -6.70. The molecule has 12 rings (SSSR count). The minimum Gasteiger partial charge on any atom is -0.456 e. The van der Waals surface area contributed by atoms with Gasteiger partial charge in [-0.15, -0.1) is 0 Å². The fraction of sp³-hybridized carbons (Fsp3) is 0.0196. The van der Waals surface area contributed by atoms with E-state index in [1.807, 2.05) is 0 Å². The molecule has 240 valence electrons. The lowest BCUT2D eigenvalue weighted by molar-refractivity contribution is 0.487. The van der Waals surface area contributed by atoms with Crippen molar-refractivity contribution in [1.29, 1.82) is 0 Å². The van der Waals surface area contributed by atoms with Crippen molar-refractivity contribution in [3.63, 3.8) is 0 Å². The molecule has 0 N–H and O–H groups in total. The Morgan fingerprint density at radius 2 is 1.00 bits per heavy atom. The molecule has 9 aromatic carbocycles. The SMILES string of the molecule is c1ccc(-c2cc3ccccc3c3c2C2(c4ccccc4-c4ccccc42)c2cc(-c4ccc5c(c4)-c4cccc6cccc(c46)O5)ccc2-3)cc1. The lowest BCUT2D eigenvalue weighted by Gasteiger charge is -2.33. The van der Waals surface area contributed by atoms with Crippen LogP contribution in [0.15, 0.2) is 182 Å². The van der Waals surface area contributed by atoms with Crippen molar-refractivity contribution in [3.8, 4) is 67.1 Å². The number of hydrogen-bond donors (Lipinski definition) is 0. The monoisotopic (exact) mass is 658 g/mol. The molecule has 0 unspecified atom stereocenters. The summed E-state index contributed by atoms with van der Waals surface area (Å²) >= 11 is 0. The second-order valence-corrected chi connectivity index (χ2v) is 14.3. The molecule has 0 saturated heterocycles. The van der Waals surface area contributed by atoms with Gasteiger partial charge in [-0.25, -0.2) is 0 Å². The molecular formula is C51H30O. The molecule has 3 aliphatic rings. The van der Waals surface area contributed by atoms with Gasteiger partial charge in [-0.3, -0.25) is 0 Å². The number of hydrogen-bond acceptors (Lipinski definition) is 1. The van der Waals surface area contributed by atoms with E-state index in [4.69, 9.17) is 4.74 Å². The van der Waals surface area contributed by atoms with Gasteiger partial charge in [-0.05, 0) is 119 Å². The van der Waals surface area contributed by atoms with Crippen LogP contribution in [0.4, 0.5) is 0 Å². The predicted molar refractivity (Wildman–Crippen MR) is 214 cm³/mol. The van der Waals surface area contributed by atoms with E-state index >= 15 is 0 Å². The third-order valence-corrected chi connectivity index (χ3v) is 11.8. The Bertz CT molecular complexity index is 2940. The van der Waals surface area contributed by atoms with E-state index in [9.17, 15) is 0 Å². The van der Waals surface area contributed by atoms with E-state index in [2.05, 4.69) is 182 Å². The average Bonchev–Trinajstić information content (AvgIpc) is 3.68. The normalized spacial score (nSPS) is 13.7. The second kappa shape index (κ2) is 10.2. The standard InChI is InChI=1S/C51H30O/c1-2-12-31(13-3-1)41-29-35-14-4-5-17-36(35)49-40-26-24-34(33-25-27-46-42(28-33)39-20-10-15-32-16-11-23-47(52-46)48(32)39)30-45(40)51(50(41)49)43-21-8-6-18-37(43)38-19-7-9-22-44(38)51/h1-30H. The third kappa shape index (κ3) is 3.52. The number of rotatable bonds is 2. The van der Waals surface area contributed by atoms with E-state index in [1.54, 1.807) is 0 Å². The maximum absolute atomic E-state index is 6.51. The molecule has 1 nitrogen and oxygen atoms in total. The molecule has 52 heavy (non-hydrogen) atoms. The van der Waals surface area contributed by atoms with Gasteiger partial charge < -0.3 is 4.74 Å².